The summed E-state index contributed by atoms with van der Waals surface area (Å²) in [5.41, 5.74) is 1.66. The van der Waals surface area contributed by atoms with Crippen LogP contribution in [0.3, 0.4) is 0 Å². The van der Waals surface area contributed by atoms with E-state index in [4.69, 9.17) is 0 Å². The first-order chi connectivity index (χ1) is 8.74. The number of pyridine rings is 1. The molecule has 0 N–H and O–H groups in total. The monoisotopic (exact) mass is 310 g/mol. The van der Waals surface area contributed by atoms with E-state index in [-0.39, 0.29) is 0 Å². The minimum atomic E-state index is 0.488. The number of aromatic nitrogens is 1. The molecule has 0 unspecified atom stereocenters. The van der Waals surface area contributed by atoms with Gasteiger partial charge in [-0.15, -0.1) is 0 Å². The average Bonchev–Trinajstić information content (AvgIpc) is 2.41. The Morgan fingerprint density at radius 3 is 2.67 bits per heavy atom. The third-order valence-corrected chi connectivity index (χ3v) is 5.15. The van der Waals surface area contributed by atoms with Crippen LogP contribution in [0.4, 0.5) is 0 Å². The molecule has 0 bridgehead atoms. The smallest absolute Gasteiger partial charge is 0.0543 e. The van der Waals surface area contributed by atoms with Gasteiger partial charge in [0.25, 0.3) is 0 Å². The highest BCUT2D eigenvalue weighted by molar-refractivity contribution is 9.09. The van der Waals surface area contributed by atoms with Crippen LogP contribution in [0.2, 0.25) is 0 Å². The van der Waals surface area contributed by atoms with E-state index in [0.29, 0.717) is 5.41 Å². The number of hydrogen-bond donors (Lipinski definition) is 0. The molecule has 0 spiro atoms. The van der Waals surface area contributed by atoms with E-state index < -0.39 is 0 Å². The molecular weight excluding hydrogens is 288 g/mol. The molecule has 1 aliphatic carbocycles. The zero-order valence-corrected chi connectivity index (χ0v) is 12.8. The van der Waals surface area contributed by atoms with E-state index >= 15 is 0 Å². The highest BCUT2D eigenvalue weighted by Gasteiger charge is 2.31. The topological polar surface area (TPSA) is 16.1 Å². The summed E-state index contributed by atoms with van der Waals surface area (Å²) in [5, 5.41) is 1.13. The summed E-state index contributed by atoms with van der Waals surface area (Å²) >= 11 is 3.74. The molecule has 1 aliphatic rings. The van der Waals surface area contributed by atoms with Crippen LogP contribution in [0.25, 0.3) is 0 Å². The standard InChI is InChI=1S/C15H23BrN2/c1-18(11-14-7-3-6-10-17-14)13-15(12-16)8-4-2-5-9-15/h3,6-7,10H,2,4-5,8-9,11-13H2,1H3. The molecule has 0 saturated heterocycles. The zero-order chi connectivity index (χ0) is 12.8. The first-order valence-corrected chi connectivity index (χ1v) is 8.01. The summed E-state index contributed by atoms with van der Waals surface area (Å²) in [4.78, 5) is 6.83. The molecule has 3 heteroatoms. The van der Waals surface area contributed by atoms with Gasteiger partial charge in [0.05, 0.1) is 5.69 Å². The number of rotatable bonds is 5. The van der Waals surface area contributed by atoms with Gasteiger partial charge in [0.2, 0.25) is 0 Å². The molecular formula is C15H23BrN2. The van der Waals surface area contributed by atoms with Crippen molar-refractivity contribution < 1.29 is 0 Å². The summed E-state index contributed by atoms with van der Waals surface area (Å²) < 4.78 is 0. The van der Waals surface area contributed by atoms with Crippen molar-refractivity contribution in [3.8, 4) is 0 Å². The molecule has 100 valence electrons. The van der Waals surface area contributed by atoms with E-state index in [1.807, 2.05) is 12.3 Å². The number of nitrogens with zero attached hydrogens (tertiary/aromatic N) is 2. The molecule has 2 nitrogen and oxygen atoms in total. The van der Waals surface area contributed by atoms with Crippen LogP contribution < -0.4 is 0 Å². The number of alkyl halides is 1. The maximum Gasteiger partial charge on any atom is 0.0543 e. The number of hydrogen-bond acceptors (Lipinski definition) is 2. The molecule has 1 aromatic rings. The summed E-state index contributed by atoms with van der Waals surface area (Å²) in [6, 6.07) is 6.15. The Morgan fingerprint density at radius 1 is 1.28 bits per heavy atom. The van der Waals surface area contributed by atoms with E-state index in [2.05, 4.69) is 45.0 Å². The molecule has 0 aliphatic heterocycles. The van der Waals surface area contributed by atoms with E-state index in [9.17, 15) is 0 Å². The predicted molar refractivity (Wildman–Crippen MR) is 79.9 cm³/mol. The van der Waals surface area contributed by atoms with Gasteiger partial charge < -0.3 is 0 Å². The minimum absolute atomic E-state index is 0.488. The van der Waals surface area contributed by atoms with Crippen molar-refractivity contribution in [1.82, 2.24) is 9.88 Å². The maximum absolute atomic E-state index is 4.41. The Bertz CT molecular complexity index is 347. The average molecular weight is 311 g/mol. The molecule has 0 atom stereocenters. The largest absolute Gasteiger partial charge is 0.300 e. The maximum atomic E-state index is 4.41. The van der Waals surface area contributed by atoms with Crippen LogP contribution in [0, 0.1) is 5.41 Å². The summed E-state index contributed by atoms with van der Waals surface area (Å²) in [7, 11) is 2.22. The Labute approximate surface area is 119 Å². The van der Waals surface area contributed by atoms with Crippen molar-refractivity contribution in [3.63, 3.8) is 0 Å². The number of halogens is 1. The Morgan fingerprint density at radius 2 is 2.06 bits per heavy atom. The van der Waals surface area contributed by atoms with Crippen LogP contribution in [-0.4, -0.2) is 28.8 Å². The van der Waals surface area contributed by atoms with Gasteiger partial charge in [-0.05, 0) is 37.4 Å². The third-order valence-electron chi connectivity index (χ3n) is 3.96. The summed E-state index contributed by atoms with van der Waals surface area (Å²) in [6.45, 7) is 2.13. The van der Waals surface area contributed by atoms with Crippen LogP contribution in [0.1, 0.15) is 37.8 Å². The van der Waals surface area contributed by atoms with Crippen molar-refractivity contribution in [1.29, 1.82) is 0 Å². The van der Waals surface area contributed by atoms with E-state index in [1.54, 1.807) is 0 Å². The van der Waals surface area contributed by atoms with Crippen molar-refractivity contribution >= 4 is 15.9 Å². The van der Waals surface area contributed by atoms with Crippen LogP contribution in [0.15, 0.2) is 24.4 Å². The lowest BCUT2D eigenvalue weighted by Crippen LogP contribution is -2.38. The molecule has 0 radical (unpaired) electrons. The van der Waals surface area contributed by atoms with Gasteiger partial charge in [-0.3, -0.25) is 9.88 Å². The van der Waals surface area contributed by atoms with E-state index in [1.165, 1.54) is 44.3 Å². The molecule has 0 amide bonds. The second kappa shape index (κ2) is 6.67. The Hall–Kier alpha value is -0.410. The third kappa shape index (κ3) is 3.79. The minimum Gasteiger partial charge on any atom is -0.300 e. The lowest BCUT2D eigenvalue weighted by molar-refractivity contribution is 0.140. The molecule has 18 heavy (non-hydrogen) atoms. The molecule has 1 aromatic heterocycles. The second-order valence-corrected chi connectivity index (χ2v) is 6.25. The van der Waals surface area contributed by atoms with Crippen molar-refractivity contribution in [2.45, 2.75) is 38.6 Å². The molecule has 2 rings (SSSR count). The van der Waals surface area contributed by atoms with Crippen LogP contribution in [-0.2, 0) is 6.54 Å². The van der Waals surface area contributed by atoms with Gasteiger partial charge in [-0.25, -0.2) is 0 Å². The summed E-state index contributed by atoms with van der Waals surface area (Å²) in [5.74, 6) is 0. The normalized spacial score (nSPS) is 19.1. The van der Waals surface area contributed by atoms with Gasteiger partial charge in [0.1, 0.15) is 0 Å². The van der Waals surface area contributed by atoms with Gasteiger partial charge in [-0.2, -0.15) is 0 Å². The predicted octanol–water partition coefficient (Wildman–Crippen LogP) is 3.86. The van der Waals surface area contributed by atoms with Gasteiger partial charge >= 0.3 is 0 Å². The lowest BCUT2D eigenvalue weighted by Gasteiger charge is -2.38. The van der Waals surface area contributed by atoms with Gasteiger partial charge in [0.15, 0.2) is 0 Å². The molecule has 1 saturated carbocycles. The quantitative estimate of drug-likeness (QED) is 0.768. The lowest BCUT2D eigenvalue weighted by atomic mass is 9.75. The zero-order valence-electron chi connectivity index (χ0n) is 11.2. The highest BCUT2D eigenvalue weighted by atomic mass is 79.9. The van der Waals surface area contributed by atoms with Crippen LogP contribution >= 0.6 is 15.9 Å². The van der Waals surface area contributed by atoms with Gasteiger partial charge in [-0.1, -0.05) is 41.3 Å². The Balaban J connectivity index is 1.91. The van der Waals surface area contributed by atoms with Crippen molar-refractivity contribution in [2.75, 3.05) is 18.9 Å². The summed E-state index contributed by atoms with van der Waals surface area (Å²) in [6.07, 6.45) is 8.81. The molecule has 0 aromatic carbocycles. The highest BCUT2D eigenvalue weighted by Crippen LogP contribution is 2.38. The fourth-order valence-electron chi connectivity index (χ4n) is 3.03. The first-order valence-electron chi connectivity index (χ1n) is 6.89. The molecule has 1 fully saturated rings. The van der Waals surface area contributed by atoms with E-state index in [0.717, 1.165) is 11.9 Å². The fraction of sp³-hybridized carbons (Fsp3) is 0.667. The fourth-order valence-corrected chi connectivity index (χ4v) is 3.77. The van der Waals surface area contributed by atoms with Crippen molar-refractivity contribution in [3.05, 3.63) is 30.1 Å². The molecule has 1 heterocycles. The first kappa shape index (κ1) is 14.0. The van der Waals surface area contributed by atoms with Gasteiger partial charge in [0, 0.05) is 24.6 Å². The van der Waals surface area contributed by atoms with Crippen molar-refractivity contribution in [2.24, 2.45) is 5.41 Å². The Kier molecular flexibility index (Phi) is 5.19. The SMILES string of the molecule is CN(Cc1ccccn1)CC1(CBr)CCCCC1. The second-order valence-electron chi connectivity index (χ2n) is 5.69. The van der Waals surface area contributed by atoms with Crippen LogP contribution in [0.5, 0.6) is 0 Å².